The zero-order valence-corrected chi connectivity index (χ0v) is 18.9. The Balaban J connectivity index is 1.85. The predicted octanol–water partition coefficient (Wildman–Crippen LogP) is 6.78. The monoisotopic (exact) mass is 503 g/mol. The molecule has 150 valence electrons. The van der Waals surface area contributed by atoms with Gasteiger partial charge in [0.2, 0.25) is 0 Å². The maximum atomic E-state index is 13.4. The minimum absolute atomic E-state index is 0.268. The van der Waals surface area contributed by atoms with Gasteiger partial charge in [0.05, 0.1) is 15.9 Å². The van der Waals surface area contributed by atoms with E-state index < -0.39 is 0 Å². The maximum Gasteiger partial charge on any atom is 0.175 e. The van der Waals surface area contributed by atoms with Crippen LogP contribution < -0.4 is 9.47 Å². The van der Waals surface area contributed by atoms with Gasteiger partial charge in [-0.05, 0) is 95.9 Å². The summed E-state index contributed by atoms with van der Waals surface area (Å²) in [5.41, 5.74) is 4.94. The molecule has 0 aromatic heterocycles. The van der Waals surface area contributed by atoms with Crippen molar-refractivity contribution in [2.45, 2.75) is 27.4 Å². The van der Waals surface area contributed by atoms with Crippen molar-refractivity contribution in [3.63, 3.8) is 0 Å². The van der Waals surface area contributed by atoms with Crippen LogP contribution in [0.2, 0.25) is 0 Å². The Morgan fingerprint density at radius 1 is 1.03 bits per heavy atom. The van der Waals surface area contributed by atoms with E-state index in [4.69, 9.17) is 9.47 Å². The highest BCUT2D eigenvalue weighted by molar-refractivity contribution is 14.1. The highest BCUT2D eigenvalue weighted by atomic mass is 127. The second-order valence-electron chi connectivity index (χ2n) is 6.73. The van der Waals surface area contributed by atoms with Crippen LogP contribution >= 0.6 is 22.6 Å². The van der Waals surface area contributed by atoms with Crippen LogP contribution in [-0.2, 0) is 6.61 Å². The summed E-state index contributed by atoms with van der Waals surface area (Å²) in [6.07, 6.45) is 1.84. The standard InChI is InChI=1S/C24H23FINO2/c1-4-28-23-13-19(14-27-22-10-16(2)8-9-17(22)3)12-21(26)24(23)29-15-18-6-5-7-20(25)11-18/h5-14H,4,15H2,1-3H3. The highest BCUT2D eigenvalue weighted by Crippen LogP contribution is 2.35. The van der Waals surface area contributed by atoms with E-state index in [1.54, 1.807) is 6.07 Å². The summed E-state index contributed by atoms with van der Waals surface area (Å²) in [6, 6.07) is 16.5. The van der Waals surface area contributed by atoms with E-state index in [1.165, 1.54) is 17.7 Å². The molecule has 0 amide bonds. The van der Waals surface area contributed by atoms with Crippen molar-refractivity contribution >= 4 is 34.5 Å². The van der Waals surface area contributed by atoms with Gasteiger partial charge >= 0.3 is 0 Å². The largest absolute Gasteiger partial charge is 0.490 e. The average molecular weight is 503 g/mol. The van der Waals surface area contributed by atoms with Gasteiger partial charge in [-0.3, -0.25) is 4.99 Å². The molecule has 0 fully saturated rings. The van der Waals surface area contributed by atoms with Crippen LogP contribution in [0.4, 0.5) is 10.1 Å². The molecule has 0 unspecified atom stereocenters. The Labute approximate surface area is 184 Å². The van der Waals surface area contributed by atoms with Crippen LogP contribution in [-0.4, -0.2) is 12.8 Å². The van der Waals surface area contributed by atoms with E-state index in [1.807, 2.05) is 38.3 Å². The lowest BCUT2D eigenvalue weighted by atomic mass is 10.1. The third kappa shape index (κ3) is 5.79. The number of benzene rings is 3. The fourth-order valence-electron chi connectivity index (χ4n) is 2.85. The van der Waals surface area contributed by atoms with Crippen molar-refractivity contribution in [1.82, 2.24) is 0 Å². The van der Waals surface area contributed by atoms with Gasteiger partial charge in [-0.2, -0.15) is 0 Å². The first-order chi connectivity index (χ1) is 14.0. The third-order valence-electron chi connectivity index (χ3n) is 4.32. The number of hydrogen-bond donors (Lipinski definition) is 0. The molecule has 0 spiro atoms. The lowest BCUT2D eigenvalue weighted by molar-refractivity contribution is 0.267. The lowest BCUT2D eigenvalue weighted by Gasteiger charge is -2.15. The average Bonchev–Trinajstić information content (AvgIpc) is 2.68. The molecule has 0 aliphatic carbocycles. The molecule has 3 rings (SSSR count). The van der Waals surface area contributed by atoms with Crippen LogP contribution in [0.15, 0.2) is 59.6 Å². The Kier molecular flexibility index (Phi) is 7.25. The number of aliphatic imine (C=N–C) groups is 1. The van der Waals surface area contributed by atoms with Crippen molar-refractivity contribution in [1.29, 1.82) is 0 Å². The zero-order chi connectivity index (χ0) is 20.8. The van der Waals surface area contributed by atoms with Crippen LogP contribution in [0.1, 0.15) is 29.2 Å². The quantitative estimate of drug-likeness (QED) is 0.263. The Bertz CT molecular complexity index is 1030. The first kappa shape index (κ1) is 21.3. The second kappa shape index (κ2) is 9.87. The Morgan fingerprint density at radius 3 is 2.62 bits per heavy atom. The molecule has 3 nitrogen and oxygen atoms in total. The van der Waals surface area contributed by atoms with Gasteiger partial charge in [-0.15, -0.1) is 0 Å². The molecule has 0 aliphatic heterocycles. The third-order valence-corrected chi connectivity index (χ3v) is 5.12. The minimum Gasteiger partial charge on any atom is -0.490 e. The first-order valence-corrected chi connectivity index (χ1v) is 10.5. The van der Waals surface area contributed by atoms with Crippen molar-refractivity contribution in [3.05, 3.63) is 86.2 Å². The summed E-state index contributed by atoms with van der Waals surface area (Å²) in [4.78, 5) is 4.65. The van der Waals surface area contributed by atoms with E-state index in [2.05, 4.69) is 52.7 Å². The molecule has 0 N–H and O–H groups in total. The van der Waals surface area contributed by atoms with Gasteiger partial charge in [0.1, 0.15) is 12.4 Å². The smallest absolute Gasteiger partial charge is 0.175 e. The topological polar surface area (TPSA) is 30.8 Å². The summed E-state index contributed by atoms with van der Waals surface area (Å²) in [6.45, 7) is 6.82. The van der Waals surface area contributed by atoms with Crippen molar-refractivity contribution in [2.24, 2.45) is 4.99 Å². The Morgan fingerprint density at radius 2 is 1.86 bits per heavy atom. The molecule has 0 saturated heterocycles. The molecule has 0 radical (unpaired) electrons. The van der Waals surface area contributed by atoms with Gasteiger partial charge in [-0.1, -0.05) is 24.3 Å². The number of aryl methyl sites for hydroxylation is 2. The van der Waals surface area contributed by atoms with Crippen molar-refractivity contribution in [3.8, 4) is 11.5 Å². The highest BCUT2D eigenvalue weighted by Gasteiger charge is 2.12. The molecule has 3 aromatic carbocycles. The van der Waals surface area contributed by atoms with E-state index >= 15 is 0 Å². The molecule has 0 saturated carbocycles. The van der Waals surface area contributed by atoms with E-state index in [9.17, 15) is 4.39 Å². The first-order valence-electron chi connectivity index (χ1n) is 9.41. The summed E-state index contributed by atoms with van der Waals surface area (Å²) in [5.74, 6) is 1.03. The van der Waals surface area contributed by atoms with E-state index in [-0.39, 0.29) is 12.4 Å². The molecule has 29 heavy (non-hydrogen) atoms. The number of rotatable bonds is 7. The van der Waals surface area contributed by atoms with Crippen LogP contribution in [0, 0.1) is 23.2 Å². The van der Waals surface area contributed by atoms with E-state index in [0.717, 1.165) is 25.9 Å². The minimum atomic E-state index is -0.274. The number of halogens is 2. The van der Waals surface area contributed by atoms with Crippen LogP contribution in [0.25, 0.3) is 0 Å². The molecule has 0 bridgehead atoms. The van der Waals surface area contributed by atoms with Gasteiger partial charge in [0, 0.05) is 6.21 Å². The fraction of sp³-hybridized carbons (Fsp3) is 0.208. The molecular weight excluding hydrogens is 480 g/mol. The lowest BCUT2D eigenvalue weighted by Crippen LogP contribution is -2.02. The summed E-state index contributed by atoms with van der Waals surface area (Å²) >= 11 is 2.23. The molecule has 3 aromatic rings. The zero-order valence-electron chi connectivity index (χ0n) is 16.7. The normalized spacial score (nSPS) is 11.1. The number of nitrogens with zero attached hydrogens (tertiary/aromatic N) is 1. The van der Waals surface area contributed by atoms with Crippen molar-refractivity contribution < 1.29 is 13.9 Å². The molecular formula is C24H23FINO2. The number of hydrogen-bond acceptors (Lipinski definition) is 3. The maximum absolute atomic E-state index is 13.4. The summed E-state index contributed by atoms with van der Waals surface area (Å²) < 4.78 is 26.1. The molecule has 0 atom stereocenters. The molecule has 0 aliphatic rings. The van der Waals surface area contributed by atoms with Crippen LogP contribution in [0.3, 0.4) is 0 Å². The molecule has 5 heteroatoms. The SMILES string of the molecule is CCOc1cc(C=Nc2cc(C)ccc2C)cc(I)c1OCc1cccc(F)c1. The summed E-state index contributed by atoms with van der Waals surface area (Å²) in [7, 11) is 0. The van der Waals surface area contributed by atoms with Gasteiger partial charge in [-0.25, -0.2) is 4.39 Å². The van der Waals surface area contributed by atoms with Crippen molar-refractivity contribution in [2.75, 3.05) is 6.61 Å². The second-order valence-corrected chi connectivity index (χ2v) is 7.89. The predicted molar refractivity (Wildman–Crippen MR) is 124 cm³/mol. The summed E-state index contributed by atoms with van der Waals surface area (Å²) in [5, 5.41) is 0. The molecule has 0 heterocycles. The van der Waals surface area contributed by atoms with Crippen LogP contribution in [0.5, 0.6) is 11.5 Å². The Hall–Kier alpha value is -2.41. The van der Waals surface area contributed by atoms with E-state index in [0.29, 0.717) is 18.1 Å². The van der Waals surface area contributed by atoms with Gasteiger partial charge in [0.15, 0.2) is 11.5 Å². The van der Waals surface area contributed by atoms with Gasteiger partial charge < -0.3 is 9.47 Å². The van der Waals surface area contributed by atoms with Gasteiger partial charge in [0.25, 0.3) is 0 Å². The number of ether oxygens (including phenoxy) is 2. The fourth-order valence-corrected chi connectivity index (χ4v) is 3.63.